The highest BCUT2D eigenvalue weighted by molar-refractivity contribution is 5.99. The largest absolute Gasteiger partial charge is 0.409 e. The maximum absolute atomic E-state index is 11.4. The number of hydrogen-bond acceptors (Lipinski definition) is 4. The SMILES string of the molecule is COCCC(=O)Nc1cccc(C(N)=NO)c1. The molecule has 92 valence electrons. The number of carbonyl (C=O) groups is 1. The molecule has 0 aliphatic carbocycles. The summed E-state index contributed by atoms with van der Waals surface area (Å²) in [5, 5.41) is 14.1. The highest BCUT2D eigenvalue weighted by Crippen LogP contribution is 2.10. The van der Waals surface area contributed by atoms with Gasteiger partial charge in [-0.05, 0) is 12.1 Å². The zero-order valence-corrected chi connectivity index (χ0v) is 9.51. The summed E-state index contributed by atoms with van der Waals surface area (Å²) in [5.41, 5.74) is 6.57. The van der Waals surface area contributed by atoms with E-state index in [0.29, 0.717) is 17.9 Å². The maximum Gasteiger partial charge on any atom is 0.226 e. The third-order valence-corrected chi connectivity index (χ3v) is 2.08. The Morgan fingerprint density at radius 3 is 3.00 bits per heavy atom. The molecule has 6 heteroatoms. The third kappa shape index (κ3) is 4.12. The van der Waals surface area contributed by atoms with Crippen molar-refractivity contribution in [2.24, 2.45) is 10.9 Å². The minimum Gasteiger partial charge on any atom is -0.409 e. The molecule has 0 aliphatic rings. The summed E-state index contributed by atoms with van der Waals surface area (Å²) in [6.45, 7) is 0.367. The van der Waals surface area contributed by atoms with Crippen LogP contribution in [0.3, 0.4) is 0 Å². The van der Waals surface area contributed by atoms with Gasteiger partial charge in [0.1, 0.15) is 0 Å². The number of nitrogens with one attached hydrogen (secondary N) is 1. The first-order valence-electron chi connectivity index (χ1n) is 5.04. The van der Waals surface area contributed by atoms with Gasteiger partial charge in [0, 0.05) is 18.4 Å². The van der Waals surface area contributed by atoms with E-state index in [2.05, 4.69) is 10.5 Å². The van der Waals surface area contributed by atoms with Crippen LogP contribution in [0.5, 0.6) is 0 Å². The van der Waals surface area contributed by atoms with E-state index in [1.165, 1.54) is 7.11 Å². The molecule has 0 radical (unpaired) electrons. The van der Waals surface area contributed by atoms with Gasteiger partial charge >= 0.3 is 0 Å². The zero-order valence-electron chi connectivity index (χ0n) is 9.51. The van der Waals surface area contributed by atoms with E-state index >= 15 is 0 Å². The molecule has 17 heavy (non-hydrogen) atoms. The van der Waals surface area contributed by atoms with E-state index in [9.17, 15) is 4.79 Å². The van der Waals surface area contributed by atoms with Gasteiger partial charge in [-0.15, -0.1) is 0 Å². The maximum atomic E-state index is 11.4. The molecule has 0 bridgehead atoms. The van der Waals surface area contributed by atoms with E-state index in [4.69, 9.17) is 15.7 Å². The first kappa shape index (κ1) is 13.0. The van der Waals surface area contributed by atoms with Crippen LogP contribution in [0.15, 0.2) is 29.4 Å². The third-order valence-electron chi connectivity index (χ3n) is 2.08. The molecule has 0 saturated carbocycles. The van der Waals surface area contributed by atoms with Crippen LogP contribution in [0.1, 0.15) is 12.0 Å². The molecular formula is C11H15N3O3. The molecule has 0 atom stereocenters. The van der Waals surface area contributed by atoms with Gasteiger partial charge in [0.15, 0.2) is 5.84 Å². The summed E-state index contributed by atoms with van der Waals surface area (Å²) in [6.07, 6.45) is 0.282. The topological polar surface area (TPSA) is 96.9 Å². The Hall–Kier alpha value is -2.08. The van der Waals surface area contributed by atoms with Crippen LogP contribution in [-0.4, -0.2) is 30.7 Å². The molecule has 1 amide bonds. The fraction of sp³-hybridized carbons (Fsp3) is 0.273. The highest BCUT2D eigenvalue weighted by Gasteiger charge is 2.04. The lowest BCUT2D eigenvalue weighted by molar-refractivity contribution is -0.117. The molecule has 6 nitrogen and oxygen atoms in total. The van der Waals surface area contributed by atoms with Crippen molar-refractivity contribution in [3.63, 3.8) is 0 Å². The number of carbonyl (C=O) groups excluding carboxylic acids is 1. The first-order chi connectivity index (χ1) is 8.17. The number of benzene rings is 1. The van der Waals surface area contributed by atoms with Gasteiger partial charge in [-0.1, -0.05) is 17.3 Å². The molecule has 1 rings (SSSR count). The van der Waals surface area contributed by atoms with Crippen LogP contribution in [-0.2, 0) is 9.53 Å². The van der Waals surface area contributed by atoms with E-state index < -0.39 is 0 Å². The number of anilines is 1. The number of amidine groups is 1. The van der Waals surface area contributed by atoms with Crippen molar-refractivity contribution >= 4 is 17.4 Å². The number of nitrogens with zero attached hydrogens (tertiary/aromatic N) is 1. The second kappa shape index (κ2) is 6.49. The van der Waals surface area contributed by atoms with Crippen molar-refractivity contribution < 1.29 is 14.7 Å². The molecule has 1 aromatic carbocycles. The Balaban J connectivity index is 2.69. The first-order valence-corrected chi connectivity index (χ1v) is 5.04. The Bertz CT molecular complexity index is 418. The number of amides is 1. The van der Waals surface area contributed by atoms with Crippen LogP contribution in [0, 0.1) is 0 Å². The van der Waals surface area contributed by atoms with Crippen molar-refractivity contribution in [2.45, 2.75) is 6.42 Å². The van der Waals surface area contributed by atoms with Crippen molar-refractivity contribution in [1.82, 2.24) is 0 Å². The van der Waals surface area contributed by atoms with E-state index in [-0.39, 0.29) is 18.2 Å². The zero-order chi connectivity index (χ0) is 12.7. The summed E-state index contributed by atoms with van der Waals surface area (Å²) in [6, 6.07) is 6.73. The van der Waals surface area contributed by atoms with Gasteiger partial charge in [-0.2, -0.15) is 0 Å². The molecule has 1 aromatic rings. The fourth-order valence-corrected chi connectivity index (χ4v) is 1.23. The lowest BCUT2D eigenvalue weighted by atomic mass is 10.2. The predicted molar refractivity (Wildman–Crippen MR) is 64.1 cm³/mol. The summed E-state index contributed by atoms with van der Waals surface area (Å²) in [4.78, 5) is 11.4. The second-order valence-corrected chi connectivity index (χ2v) is 3.36. The van der Waals surface area contributed by atoms with Gasteiger partial charge in [-0.3, -0.25) is 4.79 Å². The number of oxime groups is 1. The molecule has 0 aromatic heterocycles. The van der Waals surface area contributed by atoms with Crippen molar-refractivity contribution in [3.05, 3.63) is 29.8 Å². The molecule has 4 N–H and O–H groups in total. The molecule has 0 heterocycles. The second-order valence-electron chi connectivity index (χ2n) is 3.36. The number of ether oxygens (including phenoxy) is 1. The summed E-state index contributed by atoms with van der Waals surface area (Å²) in [7, 11) is 1.53. The fourth-order valence-electron chi connectivity index (χ4n) is 1.23. The smallest absolute Gasteiger partial charge is 0.226 e. The Morgan fingerprint density at radius 2 is 2.35 bits per heavy atom. The highest BCUT2D eigenvalue weighted by atomic mass is 16.5. The molecular weight excluding hydrogens is 222 g/mol. The van der Waals surface area contributed by atoms with Gasteiger partial charge in [0.05, 0.1) is 13.0 Å². The van der Waals surface area contributed by atoms with Crippen molar-refractivity contribution in [1.29, 1.82) is 0 Å². The van der Waals surface area contributed by atoms with Crippen molar-refractivity contribution in [2.75, 3.05) is 19.0 Å². The molecule has 0 aliphatic heterocycles. The summed E-state index contributed by atoms with van der Waals surface area (Å²) >= 11 is 0. The molecule has 0 fully saturated rings. The Kier molecular flexibility index (Phi) is 4.96. The number of hydrogen-bond donors (Lipinski definition) is 3. The van der Waals surface area contributed by atoms with Crippen LogP contribution >= 0.6 is 0 Å². The lowest BCUT2D eigenvalue weighted by Crippen LogP contribution is -2.16. The number of rotatable bonds is 5. The van der Waals surface area contributed by atoms with E-state index in [1.807, 2.05) is 0 Å². The van der Waals surface area contributed by atoms with Gasteiger partial charge in [-0.25, -0.2) is 0 Å². The van der Waals surface area contributed by atoms with Gasteiger partial charge < -0.3 is 21.0 Å². The van der Waals surface area contributed by atoms with Gasteiger partial charge in [0.25, 0.3) is 0 Å². The molecule has 0 spiro atoms. The minimum atomic E-state index is -0.150. The normalized spacial score (nSPS) is 11.2. The summed E-state index contributed by atoms with van der Waals surface area (Å²) < 4.78 is 4.80. The van der Waals surface area contributed by atoms with Crippen LogP contribution < -0.4 is 11.1 Å². The van der Waals surface area contributed by atoms with E-state index in [1.54, 1.807) is 24.3 Å². The monoisotopic (exact) mass is 237 g/mol. The number of methoxy groups -OCH3 is 1. The average Bonchev–Trinajstić information content (AvgIpc) is 2.35. The standard InChI is InChI=1S/C11H15N3O3/c1-17-6-5-10(15)13-9-4-2-3-8(7-9)11(12)14-16/h2-4,7,16H,5-6H2,1H3,(H2,12,14)(H,13,15). The van der Waals surface area contributed by atoms with Crippen LogP contribution in [0.2, 0.25) is 0 Å². The molecule has 0 unspecified atom stereocenters. The Labute approximate surface area is 99.1 Å². The quantitative estimate of drug-likeness (QED) is 0.305. The molecule has 0 saturated heterocycles. The van der Waals surface area contributed by atoms with Crippen LogP contribution in [0.4, 0.5) is 5.69 Å². The Morgan fingerprint density at radius 1 is 1.59 bits per heavy atom. The average molecular weight is 237 g/mol. The van der Waals surface area contributed by atoms with Gasteiger partial charge in [0.2, 0.25) is 5.91 Å². The minimum absolute atomic E-state index is 0.00186. The van der Waals surface area contributed by atoms with Crippen molar-refractivity contribution in [3.8, 4) is 0 Å². The van der Waals surface area contributed by atoms with E-state index in [0.717, 1.165) is 0 Å². The lowest BCUT2D eigenvalue weighted by Gasteiger charge is -2.06. The summed E-state index contributed by atoms with van der Waals surface area (Å²) in [5.74, 6) is -0.151. The number of nitrogens with two attached hydrogens (primary N) is 1. The predicted octanol–water partition coefficient (Wildman–Crippen LogP) is 0.756. The van der Waals surface area contributed by atoms with Crippen LogP contribution in [0.25, 0.3) is 0 Å².